The van der Waals surface area contributed by atoms with Crippen LogP contribution in [-0.2, 0) is 15.3 Å². The summed E-state index contributed by atoms with van der Waals surface area (Å²) in [5.74, 6) is -1.10. The first-order chi connectivity index (χ1) is 9.61. The minimum Gasteiger partial charge on any atom is -0.425 e. The molecule has 4 rings (SSSR count). The Morgan fingerprint density at radius 3 is 2.80 bits per heavy atom. The van der Waals surface area contributed by atoms with Crippen LogP contribution in [0.2, 0.25) is 0 Å². The van der Waals surface area contributed by atoms with Crippen molar-refractivity contribution in [1.29, 1.82) is 0 Å². The first-order valence-corrected chi connectivity index (χ1v) is 7.05. The summed E-state index contributed by atoms with van der Waals surface area (Å²) in [7, 11) is 0. The Morgan fingerprint density at radius 2 is 2.05 bits per heavy atom. The van der Waals surface area contributed by atoms with E-state index in [-0.39, 0.29) is 12.1 Å². The number of hydrogen-bond acceptors (Lipinski definition) is 3. The van der Waals surface area contributed by atoms with Crippen molar-refractivity contribution in [2.75, 3.05) is 0 Å². The molecule has 20 heavy (non-hydrogen) atoms. The minimum atomic E-state index is -0.843. The normalized spacial score (nSPS) is 28.1. The van der Waals surface area contributed by atoms with Gasteiger partial charge < -0.3 is 9.47 Å². The summed E-state index contributed by atoms with van der Waals surface area (Å²) in [5.41, 5.74) is 2.74. The number of aryl methyl sites for hydroxylation is 1. The highest BCUT2D eigenvalue weighted by molar-refractivity contribution is 6.08. The van der Waals surface area contributed by atoms with Gasteiger partial charge in [0.05, 0.1) is 11.7 Å². The van der Waals surface area contributed by atoms with Crippen molar-refractivity contribution in [3.05, 3.63) is 47.0 Å². The van der Waals surface area contributed by atoms with Crippen molar-refractivity contribution in [3.8, 4) is 0 Å². The molecule has 2 aromatic carbocycles. The molecule has 2 aliphatic heterocycles. The standard InChI is InChI=1S/C17H16O3/c1-10-4-3-5-13-12(10)6-7-14-15(13)16(18)20-17(14)9-8-11(2)19-17/h3-7,11H,8-9H2,1-2H3/t11-,17+/m1/s1. The Labute approximate surface area is 117 Å². The zero-order valence-electron chi connectivity index (χ0n) is 11.6. The minimum absolute atomic E-state index is 0.127. The van der Waals surface area contributed by atoms with Crippen molar-refractivity contribution >= 4 is 16.7 Å². The van der Waals surface area contributed by atoms with E-state index in [0.717, 1.165) is 29.2 Å². The molecule has 0 unspecified atom stereocenters. The average molecular weight is 268 g/mol. The molecular formula is C17H16O3. The zero-order chi connectivity index (χ0) is 13.9. The molecule has 3 nitrogen and oxygen atoms in total. The fourth-order valence-electron chi connectivity index (χ4n) is 3.42. The van der Waals surface area contributed by atoms with Crippen LogP contribution in [0.15, 0.2) is 30.3 Å². The van der Waals surface area contributed by atoms with Crippen molar-refractivity contribution < 1.29 is 14.3 Å². The molecule has 0 radical (unpaired) electrons. The molecule has 2 aromatic rings. The van der Waals surface area contributed by atoms with E-state index in [1.165, 1.54) is 5.56 Å². The molecule has 0 N–H and O–H groups in total. The molecule has 0 aromatic heterocycles. The monoisotopic (exact) mass is 268 g/mol. The number of hydrogen-bond donors (Lipinski definition) is 0. The average Bonchev–Trinajstić information content (AvgIpc) is 2.92. The van der Waals surface area contributed by atoms with Crippen LogP contribution in [-0.4, -0.2) is 12.1 Å². The summed E-state index contributed by atoms with van der Waals surface area (Å²) >= 11 is 0. The van der Waals surface area contributed by atoms with Crippen molar-refractivity contribution in [1.82, 2.24) is 0 Å². The summed E-state index contributed by atoms with van der Waals surface area (Å²) in [6, 6.07) is 10.1. The number of esters is 1. The van der Waals surface area contributed by atoms with E-state index in [4.69, 9.17) is 9.47 Å². The second kappa shape index (κ2) is 3.83. The van der Waals surface area contributed by atoms with Crippen molar-refractivity contribution in [3.63, 3.8) is 0 Å². The third-order valence-electron chi connectivity index (χ3n) is 4.42. The second-order valence-electron chi connectivity index (χ2n) is 5.77. The molecule has 0 saturated carbocycles. The molecule has 3 heteroatoms. The van der Waals surface area contributed by atoms with Crippen LogP contribution in [0.5, 0.6) is 0 Å². The van der Waals surface area contributed by atoms with Crippen LogP contribution in [0.3, 0.4) is 0 Å². The molecule has 1 fully saturated rings. The highest BCUT2D eigenvalue weighted by atomic mass is 16.7. The Kier molecular flexibility index (Phi) is 2.28. The van der Waals surface area contributed by atoms with E-state index in [9.17, 15) is 4.79 Å². The molecule has 0 amide bonds. The van der Waals surface area contributed by atoms with E-state index in [2.05, 4.69) is 19.1 Å². The lowest BCUT2D eigenvalue weighted by Crippen LogP contribution is -2.25. The van der Waals surface area contributed by atoms with Gasteiger partial charge in [-0.2, -0.15) is 0 Å². The summed E-state index contributed by atoms with van der Waals surface area (Å²) in [4.78, 5) is 12.4. The van der Waals surface area contributed by atoms with Crippen LogP contribution >= 0.6 is 0 Å². The lowest BCUT2D eigenvalue weighted by atomic mass is 9.93. The highest BCUT2D eigenvalue weighted by Gasteiger charge is 2.51. The molecule has 102 valence electrons. The Hall–Kier alpha value is -1.87. The number of ether oxygens (including phenoxy) is 2. The van der Waals surface area contributed by atoms with Crippen LogP contribution < -0.4 is 0 Å². The van der Waals surface area contributed by atoms with Gasteiger partial charge in [0.15, 0.2) is 0 Å². The summed E-state index contributed by atoms with van der Waals surface area (Å²) in [5, 5.41) is 2.07. The van der Waals surface area contributed by atoms with Gasteiger partial charge in [0.1, 0.15) is 0 Å². The Balaban J connectivity index is 2.01. The predicted molar refractivity (Wildman–Crippen MR) is 75.6 cm³/mol. The van der Waals surface area contributed by atoms with Gasteiger partial charge in [-0.25, -0.2) is 4.79 Å². The van der Waals surface area contributed by atoms with E-state index in [1.54, 1.807) is 0 Å². The summed E-state index contributed by atoms with van der Waals surface area (Å²) < 4.78 is 11.6. The third-order valence-corrected chi connectivity index (χ3v) is 4.42. The quantitative estimate of drug-likeness (QED) is 0.684. The smallest absolute Gasteiger partial charge is 0.342 e. The number of carbonyl (C=O) groups excluding carboxylic acids is 1. The van der Waals surface area contributed by atoms with Gasteiger partial charge in [-0.05, 0) is 36.6 Å². The van der Waals surface area contributed by atoms with Gasteiger partial charge in [0.2, 0.25) is 5.79 Å². The molecule has 2 aliphatic rings. The Morgan fingerprint density at radius 1 is 1.20 bits per heavy atom. The molecule has 0 bridgehead atoms. The molecule has 1 saturated heterocycles. The summed E-state index contributed by atoms with van der Waals surface area (Å²) in [6.07, 6.45) is 1.78. The van der Waals surface area contributed by atoms with Gasteiger partial charge in [0, 0.05) is 12.0 Å². The predicted octanol–water partition coefficient (Wildman–Crippen LogP) is 3.67. The molecule has 2 heterocycles. The third kappa shape index (κ3) is 1.41. The van der Waals surface area contributed by atoms with Crippen molar-refractivity contribution in [2.45, 2.75) is 38.6 Å². The second-order valence-corrected chi connectivity index (χ2v) is 5.77. The van der Waals surface area contributed by atoms with E-state index < -0.39 is 5.79 Å². The van der Waals surface area contributed by atoms with Crippen LogP contribution in [0.4, 0.5) is 0 Å². The summed E-state index contributed by atoms with van der Waals surface area (Å²) in [6.45, 7) is 4.07. The first kappa shape index (κ1) is 11.9. The molecule has 2 atom stereocenters. The van der Waals surface area contributed by atoms with Gasteiger partial charge >= 0.3 is 5.97 Å². The fraction of sp³-hybridized carbons (Fsp3) is 0.353. The molecule has 0 aliphatic carbocycles. The first-order valence-electron chi connectivity index (χ1n) is 7.05. The van der Waals surface area contributed by atoms with E-state index in [0.29, 0.717) is 5.56 Å². The number of fused-ring (bicyclic) bond motifs is 4. The lowest BCUT2D eigenvalue weighted by Gasteiger charge is -2.23. The van der Waals surface area contributed by atoms with Crippen LogP contribution in [0.1, 0.15) is 41.3 Å². The topological polar surface area (TPSA) is 35.5 Å². The van der Waals surface area contributed by atoms with Gasteiger partial charge in [0.25, 0.3) is 0 Å². The number of rotatable bonds is 0. The fourth-order valence-corrected chi connectivity index (χ4v) is 3.42. The maximum absolute atomic E-state index is 12.4. The Bertz CT molecular complexity index is 734. The molecule has 1 spiro atoms. The van der Waals surface area contributed by atoms with Crippen LogP contribution in [0.25, 0.3) is 10.8 Å². The molecular weight excluding hydrogens is 252 g/mol. The maximum Gasteiger partial charge on any atom is 0.342 e. The van der Waals surface area contributed by atoms with E-state index in [1.807, 2.05) is 25.1 Å². The van der Waals surface area contributed by atoms with Gasteiger partial charge in [-0.1, -0.05) is 30.3 Å². The number of carbonyl (C=O) groups is 1. The van der Waals surface area contributed by atoms with E-state index >= 15 is 0 Å². The lowest BCUT2D eigenvalue weighted by molar-refractivity contribution is -0.189. The largest absolute Gasteiger partial charge is 0.425 e. The zero-order valence-corrected chi connectivity index (χ0v) is 11.6. The van der Waals surface area contributed by atoms with Crippen LogP contribution in [0, 0.1) is 6.92 Å². The number of benzene rings is 2. The van der Waals surface area contributed by atoms with Gasteiger partial charge in [-0.3, -0.25) is 0 Å². The van der Waals surface area contributed by atoms with Crippen molar-refractivity contribution in [2.24, 2.45) is 0 Å². The van der Waals surface area contributed by atoms with Gasteiger partial charge in [-0.15, -0.1) is 0 Å². The highest BCUT2D eigenvalue weighted by Crippen LogP contribution is 2.48. The maximum atomic E-state index is 12.4. The SMILES string of the molecule is Cc1cccc2c3c(ccc12)[C@]1(CC[C@@H](C)O1)OC3=O.